The second kappa shape index (κ2) is 14.7. The molecule has 0 aliphatic rings. The van der Waals surface area contributed by atoms with Gasteiger partial charge in [-0.1, -0.05) is 57.6 Å². The summed E-state index contributed by atoms with van der Waals surface area (Å²) in [5.74, 6) is -0.764. The van der Waals surface area contributed by atoms with Crippen LogP contribution in [0.15, 0.2) is 12.2 Å². The lowest BCUT2D eigenvalue weighted by Gasteiger charge is -2.20. The van der Waals surface area contributed by atoms with Crippen molar-refractivity contribution in [2.75, 3.05) is 0 Å². The number of aliphatic carboxylic acids is 1. The van der Waals surface area contributed by atoms with E-state index in [-0.39, 0.29) is 6.42 Å². The Morgan fingerprint density at radius 1 is 0.957 bits per heavy atom. The molecule has 0 aromatic carbocycles. The van der Waals surface area contributed by atoms with E-state index in [4.69, 9.17) is 5.11 Å². The molecule has 0 fully saturated rings. The second-order valence-corrected chi connectivity index (χ2v) is 6.17. The molecule has 4 N–H and O–H groups in total. The van der Waals surface area contributed by atoms with E-state index in [9.17, 15) is 20.1 Å². The molecule has 0 saturated carbocycles. The first-order valence-corrected chi connectivity index (χ1v) is 8.91. The second-order valence-electron chi connectivity index (χ2n) is 6.17. The SMILES string of the molecule is CCCCC/C=C\C(O)C(O)C(O)CCCCCCCC(=O)O. The van der Waals surface area contributed by atoms with Gasteiger partial charge in [0.2, 0.25) is 0 Å². The highest BCUT2D eigenvalue weighted by Gasteiger charge is 2.21. The molecule has 136 valence electrons. The van der Waals surface area contributed by atoms with E-state index in [1.165, 1.54) is 0 Å². The standard InChI is InChI=1S/C18H34O5/c1-2-3-4-6-9-12-15(19)18(23)16(20)13-10-7-5-8-11-14-17(21)22/h9,12,15-16,18-20,23H,2-8,10-11,13-14H2,1H3,(H,21,22)/b12-9-. The molecule has 0 rings (SSSR count). The molecule has 5 nitrogen and oxygen atoms in total. The molecule has 5 heteroatoms. The van der Waals surface area contributed by atoms with Crippen LogP contribution in [0.3, 0.4) is 0 Å². The number of hydrogen-bond acceptors (Lipinski definition) is 4. The smallest absolute Gasteiger partial charge is 0.303 e. The van der Waals surface area contributed by atoms with Gasteiger partial charge in [-0.25, -0.2) is 0 Å². The molecule has 0 radical (unpaired) electrons. The fraction of sp³-hybridized carbons (Fsp3) is 0.833. The highest BCUT2D eigenvalue weighted by Crippen LogP contribution is 2.13. The van der Waals surface area contributed by atoms with Crippen LogP contribution < -0.4 is 0 Å². The summed E-state index contributed by atoms with van der Waals surface area (Å²) < 4.78 is 0. The van der Waals surface area contributed by atoms with Crippen molar-refractivity contribution >= 4 is 5.97 Å². The van der Waals surface area contributed by atoms with Crippen LogP contribution in [0.4, 0.5) is 0 Å². The third-order valence-corrected chi connectivity index (χ3v) is 3.94. The summed E-state index contributed by atoms with van der Waals surface area (Å²) in [6.45, 7) is 2.13. The fourth-order valence-corrected chi connectivity index (χ4v) is 2.42. The molecule has 23 heavy (non-hydrogen) atoms. The van der Waals surface area contributed by atoms with Crippen molar-refractivity contribution in [3.63, 3.8) is 0 Å². The summed E-state index contributed by atoms with van der Waals surface area (Å²) in [5.41, 5.74) is 0. The maximum absolute atomic E-state index is 10.4. The molecule has 3 unspecified atom stereocenters. The van der Waals surface area contributed by atoms with Crippen LogP contribution in [-0.2, 0) is 4.79 Å². The number of carboxylic acids is 1. The highest BCUT2D eigenvalue weighted by molar-refractivity contribution is 5.66. The number of unbranched alkanes of at least 4 members (excludes halogenated alkanes) is 7. The third-order valence-electron chi connectivity index (χ3n) is 3.94. The van der Waals surface area contributed by atoms with Crippen LogP contribution in [-0.4, -0.2) is 44.7 Å². The number of aliphatic hydroxyl groups excluding tert-OH is 3. The zero-order valence-electron chi connectivity index (χ0n) is 14.4. The molecular weight excluding hydrogens is 296 g/mol. The first-order chi connectivity index (χ1) is 11.0. The number of aliphatic hydroxyl groups is 3. The van der Waals surface area contributed by atoms with E-state index in [1.807, 2.05) is 6.08 Å². The Labute approximate surface area is 140 Å². The van der Waals surface area contributed by atoms with E-state index in [0.717, 1.165) is 51.4 Å². The Bertz CT molecular complexity index is 317. The molecule has 0 bridgehead atoms. The predicted molar refractivity (Wildman–Crippen MR) is 91.3 cm³/mol. The summed E-state index contributed by atoms with van der Waals surface area (Å²) in [4.78, 5) is 10.4. The van der Waals surface area contributed by atoms with Gasteiger partial charge in [0.15, 0.2) is 0 Å². The highest BCUT2D eigenvalue weighted by atomic mass is 16.4. The number of carboxylic acid groups (broad SMARTS) is 1. The van der Waals surface area contributed by atoms with Crippen molar-refractivity contribution in [1.29, 1.82) is 0 Å². The maximum Gasteiger partial charge on any atom is 0.303 e. The van der Waals surface area contributed by atoms with Gasteiger partial charge in [0.1, 0.15) is 12.2 Å². The number of rotatable bonds is 15. The Kier molecular flexibility index (Phi) is 14.1. The Morgan fingerprint density at radius 3 is 2.26 bits per heavy atom. The lowest BCUT2D eigenvalue weighted by atomic mass is 10.0. The molecule has 0 saturated heterocycles. The molecule has 0 heterocycles. The fourth-order valence-electron chi connectivity index (χ4n) is 2.42. The molecular formula is C18H34O5. The number of carbonyl (C=O) groups is 1. The van der Waals surface area contributed by atoms with E-state index in [1.54, 1.807) is 6.08 Å². The van der Waals surface area contributed by atoms with E-state index >= 15 is 0 Å². The zero-order valence-corrected chi connectivity index (χ0v) is 14.4. The van der Waals surface area contributed by atoms with Crippen LogP contribution in [0.2, 0.25) is 0 Å². The molecule has 3 atom stereocenters. The molecule has 0 spiro atoms. The van der Waals surface area contributed by atoms with Crippen LogP contribution in [0.25, 0.3) is 0 Å². The van der Waals surface area contributed by atoms with Gasteiger partial charge < -0.3 is 20.4 Å². The van der Waals surface area contributed by atoms with Crippen molar-refractivity contribution in [1.82, 2.24) is 0 Å². The lowest BCUT2D eigenvalue weighted by molar-refractivity contribution is -0.137. The van der Waals surface area contributed by atoms with Crippen LogP contribution in [0, 0.1) is 0 Å². The first kappa shape index (κ1) is 22.1. The van der Waals surface area contributed by atoms with Gasteiger partial charge in [-0.3, -0.25) is 4.79 Å². The summed E-state index contributed by atoms with van der Waals surface area (Å²) in [6.07, 6.45) is 9.36. The molecule has 0 aliphatic heterocycles. The van der Waals surface area contributed by atoms with Crippen molar-refractivity contribution in [3.8, 4) is 0 Å². The predicted octanol–water partition coefficient (Wildman–Crippen LogP) is 3.02. The van der Waals surface area contributed by atoms with E-state index in [2.05, 4.69) is 6.92 Å². The summed E-state index contributed by atoms with van der Waals surface area (Å²) in [5, 5.41) is 38.1. The Morgan fingerprint density at radius 2 is 1.61 bits per heavy atom. The molecule has 0 aromatic heterocycles. The zero-order chi connectivity index (χ0) is 17.5. The molecule has 0 amide bonds. The summed E-state index contributed by atoms with van der Waals surface area (Å²) in [7, 11) is 0. The van der Waals surface area contributed by atoms with E-state index < -0.39 is 24.3 Å². The average molecular weight is 330 g/mol. The van der Waals surface area contributed by atoms with Crippen LogP contribution >= 0.6 is 0 Å². The van der Waals surface area contributed by atoms with Gasteiger partial charge in [-0.2, -0.15) is 0 Å². The van der Waals surface area contributed by atoms with Gasteiger partial charge in [0.05, 0.1) is 6.10 Å². The quantitative estimate of drug-likeness (QED) is 0.273. The van der Waals surface area contributed by atoms with Crippen molar-refractivity contribution in [2.24, 2.45) is 0 Å². The molecule has 0 aromatic rings. The minimum Gasteiger partial charge on any atom is -0.481 e. The molecule has 0 aliphatic carbocycles. The lowest BCUT2D eigenvalue weighted by Crippen LogP contribution is -2.36. The minimum atomic E-state index is -1.15. The minimum absolute atomic E-state index is 0.206. The summed E-state index contributed by atoms with van der Waals surface area (Å²) >= 11 is 0. The maximum atomic E-state index is 10.4. The Hall–Kier alpha value is -0.910. The Balaban J connectivity index is 3.71. The third kappa shape index (κ3) is 13.2. The topological polar surface area (TPSA) is 98.0 Å². The average Bonchev–Trinajstić information content (AvgIpc) is 2.52. The van der Waals surface area contributed by atoms with E-state index in [0.29, 0.717) is 12.8 Å². The van der Waals surface area contributed by atoms with Crippen molar-refractivity contribution in [3.05, 3.63) is 12.2 Å². The first-order valence-electron chi connectivity index (χ1n) is 8.91. The van der Waals surface area contributed by atoms with Crippen molar-refractivity contribution < 1.29 is 25.2 Å². The normalized spacial score (nSPS) is 15.7. The van der Waals surface area contributed by atoms with Crippen molar-refractivity contribution in [2.45, 2.75) is 95.9 Å². The van der Waals surface area contributed by atoms with Crippen LogP contribution in [0.5, 0.6) is 0 Å². The van der Waals surface area contributed by atoms with Gasteiger partial charge in [-0.05, 0) is 25.7 Å². The summed E-state index contributed by atoms with van der Waals surface area (Å²) in [6, 6.07) is 0. The number of allylic oxidation sites excluding steroid dienone is 1. The van der Waals surface area contributed by atoms with Gasteiger partial charge in [0.25, 0.3) is 0 Å². The monoisotopic (exact) mass is 330 g/mol. The van der Waals surface area contributed by atoms with Gasteiger partial charge in [-0.15, -0.1) is 0 Å². The van der Waals surface area contributed by atoms with Crippen LogP contribution in [0.1, 0.15) is 77.6 Å². The largest absolute Gasteiger partial charge is 0.481 e. The number of hydrogen-bond donors (Lipinski definition) is 4. The van der Waals surface area contributed by atoms with Gasteiger partial charge in [0, 0.05) is 6.42 Å². The van der Waals surface area contributed by atoms with Gasteiger partial charge >= 0.3 is 5.97 Å².